The van der Waals surface area contributed by atoms with Gasteiger partial charge in [-0.2, -0.15) is 0 Å². The average molecular weight is 331 g/mol. The number of hydrogen-bond donors (Lipinski definition) is 1. The maximum atomic E-state index is 12.8. The van der Waals surface area contributed by atoms with Crippen LogP contribution in [-0.2, 0) is 9.59 Å². The van der Waals surface area contributed by atoms with E-state index in [4.69, 9.17) is 5.11 Å². The number of rotatable bonds is 3. The molecule has 1 aromatic rings. The minimum atomic E-state index is -1.08. The number of aryl methyl sites for hydroxylation is 1. The molecular weight excluding hydrogens is 310 g/mol. The summed E-state index contributed by atoms with van der Waals surface area (Å²) < 4.78 is 0. The molecular formula is C17H21N3O4. The first-order valence-electron chi connectivity index (χ1n) is 8.02. The van der Waals surface area contributed by atoms with Gasteiger partial charge in [0.05, 0.1) is 23.7 Å². The van der Waals surface area contributed by atoms with Crippen molar-refractivity contribution in [2.75, 3.05) is 38.1 Å². The molecule has 2 amide bonds. The van der Waals surface area contributed by atoms with E-state index in [1.807, 2.05) is 7.05 Å². The Morgan fingerprint density at radius 2 is 1.83 bits per heavy atom. The second-order valence-corrected chi connectivity index (χ2v) is 6.43. The number of likely N-dealkylation sites (N-methyl/N-ethyl adjacent to an activating group) is 1. The quantitative estimate of drug-likeness (QED) is 0.816. The number of imide groups is 1. The molecule has 0 saturated carbocycles. The van der Waals surface area contributed by atoms with Crippen LogP contribution in [0.25, 0.3) is 0 Å². The van der Waals surface area contributed by atoms with Gasteiger partial charge in [0.25, 0.3) is 5.91 Å². The summed E-state index contributed by atoms with van der Waals surface area (Å²) >= 11 is 0. The molecule has 3 rings (SSSR count). The first kappa shape index (κ1) is 16.6. The highest BCUT2D eigenvalue weighted by atomic mass is 16.4. The molecule has 0 aromatic heterocycles. The zero-order valence-corrected chi connectivity index (χ0v) is 13.9. The Bertz CT molecular complexity index is 695. The van der Waals surface area contributed by atoms with Crippen LogP contribution in [0.5, 0.6) is 0 Å². The summed E-state index contributed by atoms with van der Waals surface area (Å²) in [5, 5.41) is 9.15. The molecule has 0 unspecified atom stereocenters. The number of piperazine rings is 1. The molecule has 2 heterocycles. The number of benzene rings is 1. The molecule has 1 N–H and O–H groups in total. The highest BCUT2D eigenvalue weighted by molar-refractivity contribution is 6.23. The van der Waals surface area contributed by atoms with E-state index in [1.165, 1.54) is 12.1 Å². The minimum Gasteiger partial charge on any atom is -0.478 e. The van der Waals surface area contributed by atoms with E-state index in [0.29, 0.717) is 11.3 Å². The van der Waals surface area contributed by atoms with Crippen LogP contribution < -0.4 is 4.90 Å². The van der Waals surface area contributed by atoms with Crippen LogP contribution in [0.4, 0.5) is 5.69 Å². The maximum Gasteiger partial charge on any atom is 0.335 e. The van der Waals surface area contributed by atoms with Gasteiger partial charge in [0.15, 0.2) is 0 Å². The third-order valence-corrected chi connectivity index (χ3v) is 4.80. The van der Waals surface area contributed by atoms with Crippen molar-refractivity contribution in [3.05, 3.63) is 29.3 Å². The summed E-state index contributed by atoms with van der Waals surface area (Å²) in [5.74, 6) is -1.60. The molecule has 2 aliphatic rings. The lowest BCUT2D eigenvalue weighted by Gasteiger charge is -2.35. The SMILES string of the molecule is Cc1ccc(C(=O)O)cc1N1C(=O)C[C@H](N2CCN(C)CC2)C1=O. The van der Waals surface area contributed by atoms with Crippen molar-refractivity contribution in [2.45, 2.75) is 19.4 Å². The molecule has 0 radical (unpaired) electrons. The Kier molecular flexibility index (Phi) is 4.38. The highest BCUT2D eigenvalue weighted by Gasteiger charge is 2.43. The lowest BCUT2D eigenvalue weighted by atomic mass is 10.1. The Morgan fingerprint density at radius 3 is 2.46 bits per heavy atom. The number of carbonyl (C=O) groups is 3. The van der Waals surface area contributed by atoms with Gasteiger partial charge in [-0.1, -0.05) is 6.07 Å². The largest absolute Gasteiger partial charge is 0.478 e. The molecule has 0 spiro atoms. The first-order chi connectivity index (χ1) is 11.4. The maximum absolute atomic E-state index is 12.8. The summed E-state index contributed by atoms with van der Waals surface area (Å²) in [4.78, 5) is 41.9. The lowest BCUT2D eigenvalue weighted by Crippen LogP contribution is -2.51. The lowest BCUT2D eigenvalue weighted by molar-refractivity contribution is -0.123. The van der Waals surface area contributed by atoms with E-state index in [1.54, 1.807) is 13.0 Å². The van der Waals surface area contributed by atoms with E-state index in [2.05, 4.69) is 9.80 Å². The first-order valence-corrected chi connectivity index (χ1v) is 8.02. The molecule has 7 heteroatoms. The fourth-order valence-electron chi connectivity index (χ4n) is 3.27. The fourth-order valence-corrected chi connectivity index (χ4v) is 3.27. The van der Waals surface area contributed by atoms with E-state index in [9.17, 15) is 14.4 Å². The normalized spacial score (nSPS) is 23.1. The molecule has 1 aromatic carbocycles. The predicted octanol–water partition coefficient (Wildman–Crippen LogP) is 0.573. The zero-order valence-electron chi connectivity index (χ0n) is 13.9. The van der Waals surface area contributed by atoms with E-state index >= 15 is 0 Å². The Labute approximate surface area is 140 Å². The predicted molar refractivity (Wildman–Crippen MR) is 88.1 cm³/mol. The molecule has 0 aliphatic carbocycles. The van der Waals surface area contributed by atoms with Crippen molar-refractivity contribution >= 4 is 23.5 Å². The van der Waals surface area contributed by atoms with Crippen LogP contribution in [0.1, 0.15) is 22.3 Å². The van der Waals surface area contributed by atoms with Crippen molar-refractivity contribution in [3.63, 3.8) is 0 Å². The van der Waals surface area contributed by atoms with Crippen LogP contribution in [0, 0.1) is 6.92 Å². The van der Waals surface area contributed by atoms with Gasteiger partial charge in [-0.25, -0.2) is 9.69 Å². The summed E-state index contributed by atoms with van der Waals surface area (Å²) in [7, 11) is 2.03. The van der Waals surface area contributed by atoms with Crippen molar-refractivity contribution < 1.29 is 19.5 Å². The molecule has 2 fully saturated rings. The highest BCUT2D eigenvalue weighted by Crippen LogP contribution is 2.29. The topological polar surface area (TPSA) is 81.2 Å². The molecule has 1 atom stereocenters. The van der Waals surface area contributed by atoms with Crippen molar-refractivity contribution in [3.8, 4) is 0 Å². The smallest absolute Gasteiger partial charge is 0.335 e. The van der Waals surface area contributed by atoms with Gasteiger partial charge in [-0.05, 0) is 31.7 Å². The third-order valence-electron chi connectivity index (χ3n) is 4.80. The van der Waals surface area contributed by atoms with E-state index in [-0.39, 0.29) is 23.8 Å². The van der Waals surface area contributed by atoms with Crippen LogP contribution >= 0.6 is 0 Å². The fraction of sp³-hybridized carbons (Fsp3) is 0.471. The summed E-state index contributed by atoms with van der Waals surface area (Å²) in [6.07, 6.45) is 0.152. The van der Waals surface area contributed by atoms with Crippen LogP contribution in [-0.4, -0.2) is 72.0 Å². The molecule has 24 heavy (non-hydrogen) atoms. The molecule has 0 bridgehead atoms. The second kappa shape index (κ2) is 6.33. The number of carboxylic acids is 1. The Hall–Kier alpha value is -2.25. The monoisotopic (exact) mass is 331 g/mol. The van der Waals surface area contributed by atoms with Gasteiger partial charge in [-0.3, -0.25) is 14.5 Å². The molecule has 2 saturated heterocycles. The Morgan fingerprint density at radius 1 is 1.17 bits per heavy atom. The number of carboxylic acid groups (broad SMARTS) is 1. The number of nitrogens with zero attached hydrogens (tertiary/aromatic N) is 3. The van der Waals surface area contributed by atoms with E-state index < -0.39 is 12.0 Å². The van der Waals surface area contributed by atoms with Gasteiger partial charge in [0, 0.05) is 26.2 Å². The standard InChI is InChI=1S/C17H21N3O4/c1-11-3-4-12(17(23)24)9-13(11)20-15(21)10-14(16(20)22)19-7-5-18(2)6-8-19/h3-4,9,14H,5-8,10H2,1-2H3,(H,23,24)/t14-/m0/s1. The molecule has 2 aliphatic heterocycles. The third kappa shape index (κ3) is 2.92. The van der Waals surface area contributed by atoms with Crippen LogP contribution in [0.2, 0.25) is 0 Å². The summed E-state index contributed by atoms with van der Waals surface area (Å²) in [6.45, 7) is 5.01. The minimum absolute atomic E-state index is 0.0687. The van der Waals surface area contributed by atoms with Crippen LogP contribution in [0.15, 0.2) is 18.2 Å². The van der Waals surface area contributed by atoms with Crippen molar-refractivity contribution in [1.29, 1.82) is 0 Å². The summed E-state index contributed by atoms with van der Waals surface area (Å²) in [6, 6.07) is 4.06. The summed E-state index contributed by atoms with van der Waals surface area (Å²) in [5.41, 5.74) is 1.15. The van der Waals surface area contributed by atoms with Gasteiger partial charge in [0.2, 0.25) is 5.91 Å². The molecule has 128 valence electrons. The van der Waals surface area contributed by atoms with E-state index in [0.717, 1.165) is 31.1 Å². The van der Waals surface area contributed by atoms with Gasteiger partial charge in [-0.15, -0.1) is 0 Å². The number of carbonyl (C=O) groups excluding carboxylic acids is 2. The number of anilines is 1. The Balaban J connectivity index is 1.87. The number of amides is 2. The van der Waals surface area contributed by atoms with Crippen molar-refractivity contribution in [2.24, 2.45) is 0 Å². The van der Waals surface area contributed by atoms with Crippen molar-refractivity contribution in [1.82, 2.24) is 9.80 Å². The van der Waals surface area contributed by atoms with Gasteiger partial charge < -0.3 is 10.0 Å². The number of aromatic carboxylic acids is 1. The molecule has 7 nitrogen and oxygen atoms in total. The van der Waals surface area contributed by atoms with Crippen LogP contribution in [0.3, 0.4) is 0 Å². The second-order valence-electron chi connectivity index (χ2n) is 6.43. The average Bonchev–Trinajstić information content (AvgIpc) is 2.83. The van der Waals surface area contributed by atoms with Gasteiger partial charge in [0.1, 0.15) is 0 Å². The zero-order chi connectivity index (χ0) is 17.4. The number of hydrogen-bond acceptors (Lipinski definition) is 5. The van der Waals surface area contributed by atoms with Gasteiger partial charge >= 0.3 is 5.97 Å².